The highest BCUT2D eigenvalue weighted by Gasteiger charge is 2.17. The van der Waals surface area contributed by atoms with Crippen LogP contribution in [-0.4, -0.2) is 28.2 Å². The second-order valence-electron chi connectivity index (χ2n) is 3.59. The Morgan fingerprint density at radius 3 is 2.94 bits per heavy atom. The molecule has 0 aliphatic heterocycles. The maximum absolute atomic E-state index is 11.0. The van der Waals surface area contributed by atoms with Crippen molar-refractivity contribution in [2.24, 2.45) is 0 Å². The number of rotatable bonds is 4. The number of benzene rings is 1. The molecule has 0 bridgehead atoms. The lowest BCUT2D eigenvalue weighted by Gasteiger charge is -2.09. The molecule has 0 saturated heterocycles. The minimum Gasteiger partial charge on any atom is -0.395 e. The topological polar surface area (TPSA) is 88.3 Å². The van der Waals surface area contributed by atoms with Crippen LogP contribution in [0.5, 0.6) is 0 Å². The van der Waals surface area contributed by atoms with Crippen LogP contribution in [0.2, 0.25) is 0 Å². The first-order chi connectivity index (χ1) is 8.63. The molecule has 0 radical (unpaired) electrons. The largest absolute Gasteiger partial charge is 0.395 e. The fourth-order valence-corrected chi connectivity index (χ4v) is 2.15. The Morgan fingerprint density at radius 2 is 2.28 bits per heavy atom. The normalized spacial score (nSPS) is 10.6. The van der Waals surface area contributed by atoms with E-state index in [4.69, 9.17) is 5.11 Å². The second-order valence-corrected chi connectivity index (χ2v) is 4.83. The standard InChI is InChI=1S/C11H10IN3O3/c12-7-1-2-9-8(5-7)11(13-3-4-16)10(6-14-9)15(17)18/h1-2,5-6,16H,3-4H2,(H,13,14). The Labute approximate surface area is 116 Å². The fraction of sp³-hybridized carbons (Fsp3) is 0.182. The molecule has 1 aromatic carbocycles. The lowest BCUT2D eigenvalue weighted by Crippen LogP contribution is -2.08. The summed E-state index contributed by atoms with van der Waals surface area (Å²) in [7, 11) is 0. The van der Waals surface area contributed by atoms with E-state index < -0.39 is 4.92 Å². The van der Waals surface area contributed by atoms with Crippen LogP contribution in [0.15, 0.2) is 24.4 Å². The number of aliphatic hydroxyl groups excluding tert-OH is 1. The number of aliphatic hydroxyl groups is 1. The predicted octanol–water partition coefficient (Wildman–Crippen LogP) is 2.15. The van der Waals surface area contributed by atoms with Gasteiger partial charge in [-0.15, -0.1) is 0 Å². The SMILES string of the molecule is O=[N+]([O-])c1cnc2ccc(I)cc2c1NCCO. The lowest BCUT2D eigenvalue weighted by atomic mass is 10.1. The van der Waals surface area contributed by atoms with Crippen LogP contribution < -0.4 is 5.32 Å². The third-order valence-corrected chi connectivity index (χ3v) is 3.09. The molecular formula is C11H10IN3O3. The second kappa shape index (κ2) is 5.44. The van der Waals surface area contributed by atoms with Crippen molar-refractivity contribution in [3.63, 3.8) is 0 Å². The summed E-state index contributed by atoms with van der Waals surface area (Å²) in [6.07, 6.45) is 1.23. The van der Waals surface area contributed by atoms with Gasteiger partial charge in [0.05, 0.1) is 17.0 Å². The van der Waals surface area contributed by atoms with Gasteiger partial charge in [-0.05, 0) is 40.8 Å². The van der Waals surface area contributed by atoms with Crippen LogP contribution >= 0.6 is 22.6 Å². The van der Waals surface area contributed by atoms with E-state index in [0.29, 0.717) is 16.6 Å². The number of anilines is 1. The fourth-order valence-electron chi connectivity index (χ4n) is 1.66. The van der Waals surface area contributed by atoms with Gasteiger partial charge in [0, 0.05) is 15.5 Å². The summed E-state index contributed by atoms with van der Waals surface area (Å²) >= 11 is 2.14. The average Bonchev–Trinajstić information content (AvgIpc) is 2.35. The van der Waals surface area contributed by atoms with Gasteiger partial charge in [0.1, 0.15) is 11.9 Å². The third-order valence-electron chi connectivity index (χ3n) is 2.42. The van der Waals surface area contributed by atoms with Crippen LogP contribution in [0, 0.1) is 13.7 Å². The van der Waals surface area contributed by atoms with Crippen LogP contribution in [0.25, 0.3) is 10.9 Å². The number of aromatic nitrogens is 1. The van der Waals surface area contributed by atoms with Gasteiger partial charge in [-0.1, -0.05) is 0 Å². The molecule has 2 aromatic rings. The zero-order valence-corrected chi connectivity index (χ0v) is 11.4. The van der Waals surface area contributed by atoms with E-state index >= 15 is 0 Å². The van der Waals surface area contributed by atoms with Crippen molar-refractivity contribution >= 4 is 44.9 Å². The average molecular weight is 359 g/mol. The molecule has 2 rings (SSSR count). The van der Waals surface area contributed by atoms with E-state index in [9.17, 15) is 10.1 Å². The zero-order chi connectivity index (χ0) is 13.1. The number of nitrogens with one attached hydrogen (secondary N) is 1. The molecule has 0 saturated carbocycles. The Kier molecular flexibility index (Phi) is 3.92. The van der Waals surface area contributed by atoms with Crippen molar-refractivity contribution in [1.29, 1.82) is 0 Å². The van der Waals surface area contributed by atoms with Crippen LogP contribution in [0.4, 0.5) is 11.4 Å². The van der Waals surface area contributed by atoms with Crippen molar-refractivity contribution in [3.8, 4) is 0 Å². The molecule has 18 heavy (non-hydrogen) atoms. The molecular weight excluding hydrogens is 349 g/mol. The molecule has 7 heteroatoms. The van der Waals surface area contributed by atoms with Gasteiger partial charge in [0.15, 0.2) is 0 Å². The van der Waals surface area contributed by atoms with E-state index in [2.05, 4.69) is 32.9 Å². The molecule has 0 unspecified atom stereocenters. The number of fused-ring (bicyclic) bond motifs is 1. The molecule has 1 aromatic heterocycles. The van der Waals surface area contributed by atoms with E-state index in [1.54, 1.807) is 0 Å². The van der Waals surface area contributed by atoms with Gasteiger partial charge < -0.3 is 10.4 Å². The van der Waals surface area contributed by atoms with Crippen molar-refractivity contribution in [2.45, 2.75) is 0 Å². The monoisotopic (exact) mass is 359 g/mol. The molecule has 0 amide bonds. The van der Waals surface area contributed by atoms with Gasteiger partial charge in [-0.25, -0.2) is 4.98 Å². The number of nitro groups is 1. The number of nitrogens with zero attached hydrogens (tertiary/aromatic N) is 2. The quantitative estimate of drug-likeness (QED) is 0.496. The first-order valence-corrected chi connectivity index (χ1v) is 6.28. The van der Waals surface area contributed by atoms with Crippen molar-refractivity contribution in [1.82, 2.24) is 4.98 Å². The number of hydrogen-bond acceptors (Lipinski definition) is 5. The molecule has 0 atom stereocenters. The van der Waals surface area contributed by atoms with Gasteiger partial charge in [0.2, 0.25) is 0 Å². The number of halogens is 1. The summed E-state index contributed by atoms with van der Waals surface area (Å²) in [5.41, 5.74) is 0.997. The lowest BCUT2D eigenvalue weighted by molar-refractivity contribution is -0.384. The van der Waals surface area contributed by atoms with Gasteiger partial charge in [0.25, 0.3) is 0 Å². The smallest absolute Gasteiger partial charge is 0.311 e. The van der Waals surface area contributed by atoms with Crippen molar-refractivity contribution in [3.05, 3.63) is 38.1 Å². The summed E-state index contributed by atoms with van der Waals surface area (Å²) in [4.78, 5) is 14.6. The van der Waals surface area contributed by atoms with Crippen LogP contribution in [0.1, 0.15) is 0 Å². The summed E-state index contributed by atoms with van der Waals surface area (Å²) in [6, 6.07) is 5.53. The van der Waals surface area contributed by atoms with Crippen LogP contribution in [-0.2, 0) is 0 Å². The molecule has 6 nitrogen and oxygen atoms in total. The van der Waals surface area contributed by atoms with E-state index in [1.165, 1.54) is 6.20 Å². The highest BCUT2D eigenvalue weighted by molar-refractivity contribution is 14.1. The first-order valence-electron chi connectivity index (χ1n) is 5.21. The molecule has 0 fully saturated rings. The van der Waals surface area contributed by atoms with Crippen molar-refractivity contribution < 1.29 is 10.0 Å². The zero-order valence-electron chi connectivity index (χ0n) is 9.26. The van der Waals surface area contributed by atoms with E-state index in [1.807, 2.05) is 18.2 Å². The first kappa shape index (κ1) is 13.0. The maximum Gasteiger partial charge on any atom is 0.311 e. The molecule has 0 aliphatic rings. The molecule has 2 N–H and O–H groups in total. The summed E-state index contributed by atoms with van der Waals surface area (Å²) in [5, 5.41) is 23.4. The number of pyridine rings is 1. The summed E-state index contributed by atoms with van der Waals surface area (Å²) < 4.78 is 0.967. The minimum atomic E-state index is -0.480. The Balaban J connectivity index is 2.66. The van der Waals surface area contributed by atoms with Crippen molar-refractivity contribution in [2.75, 3.05) is 18.5 Å². The Bertz CT molecular complexity index is 603. The summed E-state index contributed by atoms with van der Waals surface area (Å²) in [6.45, 7) is 0.163. The highest BCUT2D eigenvalue weighted by atomic mass is 127. The third kappa shape index (κ3) is 2.51. The van der Waals surface area contributed by atoms with E-state index in [0.717, 1.165) is 3.57 Å². The highest BCUT2D eigenvalue weighted by Crippen LogP contribution is 2.32. The van der Waals surface area contributed by atoms with Gasteiger partial charge in [-0.3, -0.25) is 10.1 Å². The minimum absolute atomic E-state index is 0.0852. The van der Waals surface area contributed by atoms with Gasteiger partial charge in [-0.2, -0.15) is 0 Å². The predicted molar refractivity (Wildman–Crippen MR) is 76.7 cm³/mol. The molecule has 0 aliphatic carbocycles. The molecule has 0 spiro atoms. The Hall–Kier alpha value is -1.48. The maximum atomic E-state index is 11.0. The van der Waals surface area contributed by atoms with Crippen LogP contribution in [0.3, 0.4) is 0 Å². The molecule has 1 heterocycles. The Morgan fingerprint density at radius 1 is 1.50 bits per heavy atom. The summed E-state index contributed by atoms with van der Waals surface area (Å²) in [5.74, 6) is 0. The number of hydrogen-bond donors (Lipinski definition) is 2. The van der Waals surface area contributed by atoms with E-state index in [-0.39, 0.29) is 18.8 Å². The van der Waals surface area contributed by atoms with Gasteiger partial charge >= 0.3 is 5.69 Å². The molecule has 94 valence electrons.